The zero-order chi connectivity index (χ0) is 16.8. The summed E-state index contributed by atoms with van der Waals surface area (Å²) >= 11 is 2.75. The van der Waals surface area contributed by atoms with E-state index in [1.807, 2.05) is 47.2 Å². The van der Waals surface area contributed by atoms with Crippen molar-refractivity contribution in [1.82, 2.24) is 10.3 Å². The minimum atomic E-state index is -0.171. The number of rotatable bonds is 6. The first-order chi connectivity index (χ1) is 11.7. The van der Waals surface area contributed by atoms with E-state index in [0.29, 0.717) is 16.6 Å². The standard InChI is InChI=1S/C17H15N3O2S2/c21-15(8-9-18-16(22)14-7-4-10-23-14)20-17-19-13(11-24-17)12-5-2-1-3-6-12/h1-7,10-11H,8-9H2,(H,18,22)(H,19,20,21). The van der Waals surface area contributed by atoms with E-state index in [0.717, 1.165) is 11.3 Å². The second-order valence-corrected chi connectivity index (χ2v) is 6.74. The third-order valence-electron chi connectivity index (χ3n) is 3.20. The van der Waals surface area contributed by atoms with Gasteiger partial charge < -0.3 is 10.6 Å². The highest BCUT2D eigenvalue weighted by molar-refractivity contribution is 7.14. The number of nitrogens with zero attached hydrogens (tertiary/aromatic N) is 1. The molecule has 7 heteroatoms. The number of benzene rings is 1. The maximum Gasteiger partial charge on any atom is 0.261 e. The van der Waals surface area contributed by atoms with Crippen molar-refractivity contribution >= 4 is 39.6 Å². The molecule has 2 N–H and O–H groups in total. The van der Waals surface area contributed by atoms with E-state index in [-0.39, 0.29) is 18.2 Å². The molecule has 3 rings (SSSR count). The molecule has 0 fully saturated rings. The normalized spacial score (nSPS) is 10.3. The van der Waals surface area contributed by atoms with E-state index in [2.05, 4.69) is 15.6 Å². The SMILES string of the molecule is O=C(CCNC(=O)c1cccs1)Nc1nc(-c2ccccc2)cs1. The molecule has 122 valence electrons. The van der Waals surface area contributed by atoms with Crippen LogP contribution in [-0.4, -0.2) is 23.3 Å². The fourth-order valence-corrected chi connectivity index (χ4v) is 3.41. The van der Waals surface area contributed by atoms with Crippen molar-refractivity contribution in [2.45, 2.75) is 6.42 Å². The molecule has 0 unspecified atom stereocenters. The van der Waals surface area contributed by atoms with Gasteiger partial charge in [0.2, 0.25) is 5.91 Å². The third kappa shape index (κ3) is 4.27. The molecule has 0 aliphatic carbocycles. The monoisotopic (exact) mass is 357 g/mol. The van der Waals surface area contributed by atoms with Crippen LogP contribution in [0.1, 0.15) is 16.1 Å². The quantitative estimate of drug-likeness (QED) is 0.708. The first-order valence-corrected chi connectivity index (χ1v) is 9.11. The summed E-state index contributed by atoms with van der Waals surface area (Å²) in [7, 11) is 0. The van der Waals surface area contributed by atoms with Crippen LogP contribution in [0.4, 0.5) is 5.13 Å². The second kappa shape index (κ2) is 7.85. The Morgan fingerprint density at radius 1 is 1.04 bits per heavy atom. The molecular weight excluding hydrogens is 342 g/mol. The highest BCUT2D eigenvalue weighted by Crippen LogP contribution is 2.24. The molecule has 2 heterocycles. The highest BCUT2D eigenvalue weighted by Gasteiger charge is 2.10. The van der Waals surface area contributed by atoms with E-state index in [1.54, 1.807) is 6.07 Å². The fraction of sp³-hybridized carbons (Fsp3) is 0.118. The van der Waals surface area contributed by atoms with Gasteiger partial charge in [-0.05, 0) is 11.4 Å². The molecule has 0 spiro atoms. The summed E-state index contributed by atoms with van der Waals surface area (Å²) in [5.41, 5.74) is 1.85. The number of aromatic nitrogens is 1. The average Bonchev–Trinajstić information content (AvgIpc) is 3.27. The zero-order valence-corrected chi connectivity index (χ0v) is 14.3. The smallest absolute Gasteiger partial charge is 0.261 e. The van der Waals surface area contributed by atoms with Crippen molar-refractivity contribution in [2.75, 3.05) is 11.9 Å². The van der Waals surface area contributed by atoms with Crippen LogP contribution >= 0.6 is 22.7 Å². The summed E-state index contributed by atoms with van der Waals surface area (Å²) in [4.78, 5) is 28.7. The first kappa shape index (κ1) is 16.4. The number of amides is 2. The van der Waals surface area contributed by atoms with Gasteiger partial charge in [0.15, 0.2) is 5.13 Å². The van der Waals surface area contributed by atoms with Crippen LogP contribution < -0.4 is 10.6 Å². The van der Waals surface area contributed by atoms with Gasteiger partial charge in [-0.25, -0.2) is 4.98 Å². The molecule has 2 aromatic heterocycles. The van der Waals surface area contributed by atoms with Gasteiger partial charge in [0.05, 0.1) is 10.6 Å². The fourth-order valence-electron chi connectivity index (χ4n) is 2.04. The molecule has 0 aliphatic heterocycles. The zero-order valence-electron chi connectivity index (χ0n) is 12.7. The van der Waals surface area contributed by atoms with Crippen LogP contribution in [0, 0.1) is 0 Å². The molecule has 0 aliphatic rings. The van der Waals surface area contributed by atoms with Gasteiger partial charge in [-0.2, -0.15) is 0 Å². The Labute approximate surface area is 147 Å². The van der Waals surface area contributed by atoms with E-state index >= 15 is 0 Å². The van der Waals surface area contributed by atoms with Crippen molar-refractivity contribution < 1.29 is 9.59 Å². The number of hydrogen-bond acceptors (Lipinski definition) is 5. The third-order valence-corrected chi connectivity index (χ3v) is 4.83. The molecule has 5 nitrogen and oxygen atoms in total. The Balaban J connectivity index is 1.47. The molecule has 0 bridgehead atoms. The molecule has 3 aromatic rings. The minimum Gasteiger partial charge on any atom is -0.351 e. The number of thiophene rings is 1. The van der Waals surface area contributed by atoms with Gasteiger partial charge in [-0.3, -0.25) is 9.59 Å². The Bertz CT molecular complexity index is 814. The summed E-state index contributed by atoms with van der Waals surface area (Å²) < 4.78 is 0. The lowest BCUT2D eigenvalue weighted by Gasteiger charge is -2.03. The summed E-state index contributed by atoms with van der Waals surface area (Å²) in [5, 5.41) is 9.79. The van der Waals surface area contributed by atoms with Crippen molar-refractivity contribution in [3.05, 3.63) is 58.1 Å². The van der Waals surface area contributed by atoms with Crippen molar-refractivity contribution in [2.24, 2.45) is 0 Å². The van der Waals surface area contributed by atoms with E-state index in [4.69, 9.17) is 0 Å². The molecule has 24 heavy (non-hydrogen) atoms. The van der Waals surface area contributed by atoms with Crippen LogP contribution in [0.5, 0.6) is 0 Å². The molecule has 0 saturated carbocycles. The lowest BCUT2D eigenvalue weighted by atomic mass is 10.2. The number of hydrogen-bond donors (Lipinski definition) is 2. The van der Waals surface area contributed by atoms with Gasteiger partial charge in [-0.1, -0.05) is 36.4 Å². The van der Waals surface area contributed by atoms with Crippen LogP contribution in [0.2, 0.25) is 0 Å². The van der Waals surface area contributed by atoms with Crippen molar-refractivity contribution in [3.8, 4) is 11.3 Å². The molecular formula is C17H15N3O2S2. The summed E-state index contributed by atoms with van der Waals surface area (Å²) in [6.07, 6.45) is 0.206. The molecule has 0 saturated heterocycles. The topological polar surface area (TPSA) is 71.1 Å². The van der Waals surface area contributed by atoms with Gasteiger partial charge in [0.25, 0.3) is 5.91 Å². The van der Waals surface area contributed by atoms with Gasteiger partial charge in [0.1, 0.15) is 0 Å². The Kier molecular flexibility index (Phi) is 5.35. The van der Waals surface area contributed by atoms with Crippen LogP contribution in [0.3, 0.4) is 0 Å². The number of nitrogens with one attached hydrogen (secondary N) is 2. The lowest BCUT2D eigenvalue weighted by Crippen LogP contribution is -2.27. The number of carbonyl (C=O) groups is 2. The van der Waals surface area contributed by atoms with Crippen LogP contribution in [-0.2, 0) is 4.79 Å². The Morgan fingerprint density at radius 3 is 2.62 bits per heavy atom. The van der Waals surface area contributed by atoms with Gasteiger partial charge >= 0.3 is 0 Å². The lowest BCUT2D eigenvalue weighted by molar-refractivity contribution is -0.116. The maximum absolute atomic E-state index is 11.9. The highest BCUT2D eigenvalue weighted by atomic mass is 32.1. The second-order valence-electron chi connectivity index (χ2n) is 4.94. The van der Waals surface area contributed by atoms with Crippen molar-refractivity contribution in [1.29, 1.82) is 0 Å². The largest absolute Gasteiger partial charge is 0.351 e. The minimum absolute atomic E-state index is 0.154. The number of thiazole rings is 1. The Morgan fingerprint density at radius 2 is 1.88 bits per heavy atom. The predicted octanol–water partition coefficient (Wildman–Crippen LogP) is 3.63. The predicted molar refractivity (Wildman–Crippen MR) is 97.4 cm³/mol. The summed E-state index contributed by atoms with van der Waals surface area (Å²) in [6, 6.07) is 13.4. The van der Waals surface area contributed by atoms with Gasteiger partial charge in [0, 0.05) is 23.9 Å². The summed E-state index contributed by atoms with van der Waals surface area (Å²) in [5.74, 6) is -0.325. The van der Waals surface area contributed by atoms with Crippen LogP contribution in [0.15, 0.2) is 53.2 Å². The van der Waals surface area contributed by atoms with E-state index in [1.165, 1.54) is 22.7 Å². The molecule has 0 radical (unpaired) electrons. The average molecular weight is 357 g/mol. The van der Waals surface area contributed by atoms with Gasteiger partial charge in [-0.15, -0.1) is 22.7 Å². The summed E-state index contributed by atoms with van der Waals surface area (Å²) in [6.45, 7) is 0.291. The molecule has 0 atom stereocenters. The molecule has 2 amide bonds. The van der Waals surface area contributed by atoms with E-state index in [9.17, 15) is 9.59 Å². The van der Waals surface area contributed by atoms with E-state index < -0.39 is 0 Å². The number of carbonyl (C=O) groups excluding carboxylic acids is 2. The Hall–Kier alpha value is -2.51. The maximum atomic E-state index is 11.9. The van der Waals surface area contributed by atoms with Crippen molar-refractivity contribution in [3.63, 3.8) is 0 Å². The number of anilines is 1. The van der Waals surface area contributed by atoms with Crippen LogP contribution in [0.25, 0.3) is 11.3 Å². The molecule has 1 aromatic carbocycles. The first-order valence-electron chi connectivity index (χ1n) is 7.35.